The number of esters is 1. The van der Waals surface area contributed by atoms with Crippen LogP contribution in [-0.2, 0) is 25.5 Å². The molecule has 0 aromatic heterocycles. The molecule has 4 rings (SSSR count). The number of rotatable bonds is 4. The van der Waals surface area contributed by atoms with E-state index in [2.05, 4.69) is 6.07 Å². The van der Waals surface area contributed by atoms with Gasteiger partial charge in [0.1, 0.15) is 0 Å². The summed E-state index contributed by atoms with van der Waals surface area (Å²) in [5.41, 5.74) is 2.15. The van der Waals surface area contributed by atoms with E-state index in [1.165, 1.54) is 12.0 Å². The van der Waals surface area contributed by atoms with Crippen LogP contribution < -0.4 is 4.90 Å². The van der Waals surface area contributed by atoms with Gasteiger partial charge >= 0.3 is 5.97 Å². The van der Waals surface area contributed by atoms with E-state index in [4.69, 9.17) is 4.74 Å². The first-order valence-electron chi connectivity index (χ1n) is 12.0. The van der Waals surface area contributed by atoms with Crippen molar-refractivity contribution in [2.75, 3.05) is 31.1 Å². The molecule has 168 valence electrons. The summed E-state index contributed by atoms with van der Waals surface area (Å²) in [5, 5.41) is 0. The fourth-order valence-corrected chi connectivity index (χ4v) is 5.30. The highest BCUT2D eigenvalue weighted by atomic mass is 16.5. The summed E-state index contributed by atoms with van der Waals surface area (Å²) < 4.78 is 5.48. The van der Waals surface area contributed by atoms with Crippen LogP contribution >= 0.6 is 0 Å². The molecule has 2 aliphatic heterocycles. The molecule has 2 heterocycles. The second kappa shape index (κ2) is 10.3. The number of carbonyl (C=O) groups excluding carboxylic acids is 3. The van der Waals surface area contributed by atoms with Gasteiger partial charge in [-0.1, -0.05) is 50.3 Å². The lowest BCUT2D eigenvalue weighted by molar-refractivity contribution is -0.159. The zero-order valence-electron chi connectivity index (χ0n) is 18.4. The number of ether oxygens (including phenoxy) is 1. The van der Waals surface area contributed by atoms with Gasteiger partial charge in [-0.3, -0.25) is 14.4 Å². The Kier molecular flexibility index (Phi) is 7.25. The van der Waals surface area contributed by atoms with Crippen LogP contribution in [0.1, 0.15) is 63.4 Å². The minimum absolute atomic E-state index is 0.0293. The fraction of sp³-hybridized carbons (Fsp3) is 0.640. The van der Waals surface area contributed by atoms with E-state index in [1.54, 1.807) is 0 Å². The molecule has 2 fully saturated rings. The lowest BCUT2D eigenvalue weighted by atomic mass is 9.78. The minimum Gasteiger partial charge on any atom is -0.455 e. The normalized spacial score (nSPS) is 24.1. The molecule has 0 radical (unpaired) electrons. The molecule has 1 saturated carbocycles. The van der Waals surface area contributed by atoms with Gasteiger partial charge in [-0.15, -0.1) is 0 Å². The summed E-state index contributed by atoms with van der Waals surface area (Å²) >= 11 is 0. The smallest absolute Gasteiger partial charge is 0.310 e. The van der Waals surface area contributed by atoms with Crippen molar-refractivity contribution >= 4 is 23.5 Å². The molecule has 1 aromatic rings. The first-order chi connectivity index (χ1) is 15.1. The summed E-state index contributed by atoms with van der Waals surface area (Å²) in [5.74, 6) is -1.27. The zero-order valence-corrected chi connectivity index (χ0v) is 18.4. The highest BCUT2D eigenvalue weighted by Crippen LogP contribution is 2.36. The molecule has 1 aliphatic carbocycles. The molecule has 0 bridgehead atoms. The Morgan fingerprint density at radius 1 is 0.839 bits per heavy atom. The zero-order chi connectivity index (χ0) is 21.6. The Hall–Kier alpha value is -2.37. The SMILES string of the molecule is O=C(OCC(=O)N1CCCCCCC1)[C@@H]1CCCC[C@@H]1C(=O)N1CCc2ccccc21. The van der Waals surface area contributed by atoms with E-state index >= 15 is 0 Å². The first kappa shape index (κ1) is 21.8. The summed E-state index contributed by atoms with van der Waals surface area (Å²) in [6, 6.07) is 7.99. The molecule has 1 saturated heterocycles. The summed E-state index contributed by atoms with van der Waals surface area (Å²) in [7, 11) is 0. The summed E-state index contributed by atoms with van der Waals surface area (Å²) in [6.07, 6.45) is 9.63. The molecule has 2 amide bonds. The van der Waals surface area contributed by atoms with E-state index in [1.807, 2.05) is 28.0 Å². The van der Waals surface area contributed by atoms with Crippen LogP contribution in [-0.4, -0.2) is 48.9 Å². The lowest BCUT2D eigenvalue weighted by Gasteiger charge is -2.32. The van der Waals surface area contributed by atoms with Gasteiger partial charge in [0.15, 0.2) is 6.61 Å². The molecule has 31 heavy (non-hydrogen) atoms. The molecule has 1 aromatic carbocycles. The van der Waals surface area contributed by atoms with Gasteiger partial charge in [0.25, 0.3) is 5.91 Å². The van der Waals surface area contributed by atoms with E-state index in [0.717, 1.165) is 63.7 Å². The van der Waals surface area contributed by atoms with E-state index in [9.17, 15) is 14.4 Å². The maximum absolute atomic E-state index is 13.4. The summed E-state index contributed by atoms with van der Waals surface area (Å²) in [6.45, 7) is 1.96. The molecule has 0 unspecified atom stereocenters. The van der Waals surface area contributed by atoms with Crippen LogP contribution in [0.5, 0.6) is 0 Å². The van der Waals surface area contributed by atoms with Crippen LogP contribution in [0.15, 0.2) is 24.3 Å². The second-order valence-corrected chi connectivity index (χ2v) is 9.12. The fourth-order valence-electron chi connectivity index (χ4n) is 5.30. The summed E-state index contributed by atoms with van der Waals surface area (Å²) in [4.78, 5) is 42.6. The maximum Gasteiger partial charge on any atom is 0.310 e. The van der Waals surface area contributed by atoms with Crippen molar-refractivity contribution in [3.8, 4) is 0 Å². The molecule has 6 nitrogen and oxygen atoms in total. The minimum atomic E-state index is -0.450. The number of para-hydroxylation sites is 1. The third-order valence-electron chi connectivity index (χ3n) is 7.09. The van der Waals surface area contributed by atoms with Gasteiger partial charge in [-0.2, -0.15) is 0 Å². The van der Waals surface area contributed by atoms with Crippen LogP contribution in [0.4, 0.5) is 5.69 Å². The van der Waals surface area contributed by atoms with E-state index in [-0.39, 0.29) is 30.3 Å². The molecule has 0 N–H and O–H groups in total. The average Bonchev–Trinajstić information content (AvgIpc) is 3.21. The first-order valence-corrected chi connectivity index (χ1v) is 12.0. The van der Waals surface area contributed by atoms with Crippen molar-refractivity contribution in [1.82, 2.24) is 4.90 Å². The van der Waals surface area contributed by atoms with Crippen LogP contribution in [0.25, 0.3) is 0 Å². The number of hydrogen-bond donors (Lipinski definition) is 0. The van der Waals surface area contributed by atoms with Crippen molar-refractivity contribution in [3.63, 3.8) is 0 Å². The van der Waals surface area contributed by atoms with Gasteiger partial charge in [0.2, 0.25) is 5.91 Å². The van der Waals surface area contributed by atoms with Gasteiger partial charge in [-0.25, -0.2) is 0 Å². The quantitative estimate of drug-likeness (QED) is 0.689. The lowest BCUT2D eigenvalue weighted by Crippen LogP contribution is -2.43. The van der Waals surface area contributed by atoms with Gasteiger partial charge in [-0.05, 0) is 43.7 Å². The van der Waals surface area contributed by atoms with Crippen molar-refractivity contribution in [1.29, 1.82) is 0 Å². The topological polar surface area (TPSA) is 66.9 Å². The average molecular weight is 427 g/mol. The highest BCUT2D eigenvalue weighted by Gasteiger charge is 2.40. The Morgan fingerprint density at radius 2 is 1.52 bits per heavy atom. The van der Waals surface area contributed by atoms with Crippen molar-refractivity contribution in [3.05, 3.63) is 29.8 Å². The van der Waals surface area contributed by atoms with Crippen molar-refractivity contribution < 1.29 is 19.1 Å². The van der Waals surface area contributed by atoms with Crippen molar-refractivity contribution in [2.45, 2.75) is 64.2 Å². The van der Waals surface area contributed by atoms with E-state index < -0.39 is 5.92 Å². The Bertz CT molecular complexity index is 800. The predicted molar refractivity (Wildman–Crippen MR) is 119 cm³/mol. The van der Waals surface area contributed by atoms with Crippen LogP contribution in [0.2, 0.25) is 0 Å². The second-order valence-electron chi connectivity index (χ2n) is 9.12. The van der Waals surface area contributed by atoms with Gasteiger partial charge < -0.3 is 14.5 Å². The predicted octanol–water partition coefficient (Wildman–Crippen LogP) is 3.72. The molecule has 2 atom stereocenters. The standard InChI is InChI=1S/C25H34N2O4/c28-23(26-15-8-2-1-3-9-16-26)18-31-25(30)21-12-6-5-11-20(21)24(29)27-17-14-19-10-4-7-13-22(19)27/h4,7,10,13,20-21H,1-3,5-6,8-9,11-12,14-18H2/t20-,21+/m0/s1. The third kappa shape index (κ3) is 5.10. The van der Waals surface area contributed by atoms with Crippen LogP contribution in [0.3, 0.4) is 0 Å². The van der Waals surface area contributed by atoms with Crippen molar-refractivity contribution in [2.24, 2.45) is 11.8 Å². The number of fused-ring (bicyclic) bond motifs is 1. The number of carbonyl (C=O) groups is 3. The third-order valence-corrected chi connectivity index (χ3v) is 7.09. The molecule has 6 heteroatoms. The Labute approximate surface area is 184 Å². The maximum atomic E-state index is 13.4. The Morgan fingerprint density at radius 3 is 2.29 bits per heavy atom. The number of nitrogens with zero attached hydrogens (tertiary/aromatic N) is 2. The van der Waals surface area contributed by atoms with Gasteiger partial charge in [0, 0.05) is 25.3 Å². The van der Waals surface area contributed by atoms with E-state index in [0.29, 0.717) is 19.4 Å². The highest BCUT2D eigenvalue weighted by molar-refractivity contribution is 5.99. The number of anilines is 1. The Balaban J connectivity index is 1.36. The number of amides is 2. The van der Waals surface area contributed by atoms with Crippen LogP contribution in [0, 0.1) is 11.8 Å². The number of benzene rings is 1. The number of likely N-dealkylation sites (tertiary alicyclic amines) is 1. The monoisotopic (exact) mass is 426 g/mol. The van der Waals surface area contributed by atoms with Gasteiger partial charge in [0.05, 0.1) is 11.8 Å². The molecular weight excluding hydrogens is 392 g/mol. The molecule has 3 aliphatic rings. The number of hydrogen-bond acceptors (Lipinski definition) is 4. The molecule has 0 spiro atoms. The largest absolute Gasteiger partial charge is 0.455 e. The molecular formula is C25H34N2O4.